The lowest BCUT2D eigenvalue weighted by molar-refractivity contribution is 0.126. The molecule has 0 aromatic heterocycles. The Bertz CT molecular complexity index is 166. The summed E-state index contributed by atoms with van der Waals surface area (Å²) in [5, 5.41) is 6.93. The van der Waals surface area contributed by atoms with Gasteiger partial charge in [0.15, 0.2) is 0 Å². The van der Waals surface area contributed by atoms with E-state index in [4.69, 9.17) is 0 Å². The van der Waals surface area contributed by atoms with Gasteiger partial charge in [-0.25, -0.2) is 0 Å². The normalized spacial score (nSPS) is 20.6. The summed E-state index contributed by atoms with van der Waals surface area (Å²) in [6.07, 6.45) is 4.20. The molecule has 1 fully saturated rings. The molecule has 0 atom stereocenters. The van der Waals surface area contributed by atoms with Gasteiger partial charge in [-0.1, -0.05) is 27.2 Å². The maximum absolute atomic E-state index is 3.61. The predicted molar refractivity (Wildman–Crippen MR) is 62.5 cm³/mol. The Kier molecular flexibility index (Phi) is 3.96. The van der Waals surface area contributed by atoms with Crippen LogP contribution in [0.2, 0.25) is 0 Å². The third kappa shape index (κ3) is 3.58. The third-order valence-corrected chi connectivity index (χ3v) is 3.12. The topological polar surface area (TPSA) is 24.1 Å². The quantitative estimate of drug-likeness (QED) is 0.706. The molecular weight excluding hydrogens is 172 g/mol. The summed E-state index contributed by atoms with van der Waals surface area (Å²) in [6.45, 7) is 10.3. The molecule has 0 spiro atoms. The molecule has 0 aliphatic heterocycles. The lowest BCUT2D eigenvalue weighted by atomic mass is 9.68. The second-order valence-electron chi connectivity index (χ2n) is 6.05. The highest BCUT2D eigenvalue weighted by Gasteiger charge is 2.35. The summed E-state index contributed by atoms with van der Waals surface area (Å²) in [4.78, 5) is 0. The van der Waals surface area contributed by atoms with Gasteiger partial charge in [0.1, 0.15) is 0 Å². The number of hydrogen-bond acceptors (Lipinski definition) is 2. The standard InChI is InChI=1S/C12H26N2/c1-11(2,3)8-14-10-12(9-13-4)6-5-7-12/h13-14H,5-10H2,1-4H3. The zero-order valence-corrected chi connectivity index (χ0v) is 10.2. The summed E-state index contributed by atoms with van der Waals surface area (Å²) in [6, 6.07) is 0. The van der Waals surface area contributed by atoms with Crippen molar-refractivity contribution in [2.75, 3.05) is 26.7 Å². The lowest BCUT2D eigenvalue weighted by Crippen LogP contribution is -2.47. The summed E-state index contributed by atoms with van der Waals surface area (Å²) in [5.74, 6) is 0. The van der Waals surface area contributed by atoms with Crippen molar-refractivity contribution in [2.24, 2.45) is 10.8 Å². The van der Waals surface area contributed by atoms with E-state index >= 15 is 0 Å². The smallest absolute Gasteiger partial charge is 0.00202 e. The first-order chi connectivity index (χ1) is 6.47. The fourth-order valence-electron chi connectivity index (χ4n) is 2.17. The minimum absolute atomic E-state index is 0.407. The van der Waals surface area contributed by atoms with Crippen LogP contribution < -0.4 is 10.6 Å². The van der Waals surface area contributed by atoms with Crippen molar-refractivity contribution in [2.45, 2.75) is 40.0 Å². The van der Waals surface area contributed by atoms with Gasteiger partial charge in [-0.3, -0.25) is 0 Å². The van der Waals surface area contributed by atoms with Gasteiger partial charge in [0, 0.05) is 19.6 Å². The zero-order chi connectivity index (χ0) is 10.7. The van der Waals surface area contributed by atoms with Crippen LogP contribution in [0.3, 0.4) is 0 Å². The Balaban J connectivity index is 2.21. The molecule has 0 unspecified atom stereocenters. The molecule has 1 aliphatic carbocycles. The first kappa shape index (κ1) is 12.0. The van der Waals surface area contributed by atoms with Gasteiger partial charge in [-0.2, -0.15) is 0 Å². The van der Waals surface area contributed by atoms with Crippen molar-refractivity contribution >= 4 is 0 Å². The molecule has 1 saturated carbocycles. The average molecular weight is 198 g/mol. The van der Waals surface area contributed by atoms with Gasteiger partial charge in [0.05, 0.1) is 0 Å². The van der Waals surface area contributed by atoms with E-state index in [2.05, 4.69) is 38.5 Å². The molecular formula is C12H26N2. The van der Waals surface area contributed by atoms with Crippen molar-refractivity contribution < 1.29 is 0 Å². The van der Waals surface area contributed by atoms with E-state index < -0.39 is 0 Å². The highest BCUT2D eigenvalue weighted by molar-refractivity contribution is 4.91. The Morgan fingerprint density at radius 3 is 2.14 bits per heavy atom. The van der Waals surface area contributed by atoms with Crippen LogP contribution in [-0.2, 0) is 0 Å². The molecule has 2 nitrogen and oxygen atoms in total. The Morgan fingerprint density at radius 1 is 1.14 bits per heavy atom. The van der Waals surface area contributed by atoms with Crippen LogP contribution in [0, 0.1) is 10.8 Å². The van der Waals surface area contributed by atoms with Crippen LogP contribution in [0.25, 0.3) is 0 Å². The van der Waals surface area contributed by atoms with E-state index in [1.54, 1.807) is 0 Å². The molecule has 0 aromatic carbocycles. The van der Waals surface area contributed by atoms with Crippen LogP contribution in [-0.4, -0.2) is 26.7 Å². The maximum Gasteiger partial charge on any atom is 0.00202 e. The SMILES string of the molecule is CNCC1(CNCC(C)(C)C)CCC1. The van der Waals surface area contributed by atoms with Gasteiger partial charge >= 0.3 is 0 Å². The molecule has 2 N–H and O–H groups in total. The predicted octanol–water partition coefficient (Wildman–Crippen LogP) is 2.01. The fourth-order valence-corrected chi connectivity index (χ4v) is 2.17. The highest BCUT2D eigenvalue weighted by Crippen LogP contribution is 2.39. The van der Waals surface area contributed by atoms with Crippen molar-refractivity contribution in [3.05, 3.63) is 0 Å². The molecule has 0 aromatic rings. The molecule has 0 heterocycles. The van der Waals surface area contributed by atoms with E-state index in [-0.39, 0.29) is 0 Å². The molecule has 1 aliphatic rings. The van der Waals surface area contributed by atoms with Gasteiger partial charge < -0.3 is 10.6 Å². The Labute approximate surface area is 88.8 Å². The van der Waals surface area contributed by atoms with Crippen molar-refractivity contribution in [3.63, 3.8) is 0 Å². The first-order valence-corrected chi connectivity index (χ1v) is 5.83. The van der Waals surface area contributed by atoms with Crippen LogP contribution in [0.4, 0.5) is 0 Å². The van der Waals surface area contributed by atoms with Crippen LogP contribution in [0.15, 0.2) is 0 Å². The molecule has 0 amide bonds. The molecule has 0 saturated heterocycles. The van der Waals surface area contributed by atoms with Crippen LogP contribution in [0.1, 0.15) is 40.0 Å². The summed E-state index contributed by atoms with van der Waals surface area (Å²) < 4.78 is 0. The molecule has 0 radical (unpaired) electrons. The van der Waals surface area contributed by atoms with Gasteiger partial charge in [0.2, 0.25) is 0 Å². The van der Waals surface area contributed by atoms with Crippen LogP contribution >= 0.6 is 0 Å². The minimum atomic E-state index is 0.407. The molecule has 0 bridgehead atoms. The second-order valence-corrected chi connectivity index (χ2v) is 6.05. The lowest BCUT2D eigenvalue weighted by Gasteiger charge is -2.42. The number of nitrogens with one attached hydrogen (secondary N) is 2. The first-order valence-electron chi connectivity index (χ1n) is 5.83. The zero-order valence-electron chi connectivity index (χ0n) is 10.2. The van der Waals surface area contributed by atoms with E-state index in [0.717, 1.165) is 6.54 Å². The van der Waals surface area contributed by atoms with Crippen molar-refractivity contribution in [1.29, 1.82) is 0 Å². The molecule has 84 valence electrons. The summed E-state index contributed by atoms with van der Waals surface area (Å²) >= 11 is 0. The van der Waals surface area contributed by atoms with Crippen LogP contribution in [0.5, 0.6) is 0 Å². The van der Waals surface area contributed by atoms with E-state index in [0.29, 0.717) is 10.8 Å². The number of hydrogen-bond donors (Lipinski definition) is 2. The largest absolute Gasteiger partial charge is 0.319 e. The van der Waals surface area contributed by atoms with E-state index in [1.807, 2.05) is 0 Å². The summed E-state index contributed by atoms with van der Waals surface area (Å²) in [7, 11) is 2.06. The van der Waals surface area contributed by atoms with E-state index in [9.17, 15) is 0 Å². The Hall–Kier alpha value is -0.0800. The van der Waals surface area contributed by atoms with Crippen molar-refractivity contribution in [3.8, 4) is 0 Å². The molecule has 1 rings (SSSR count). The maximum atomic E-state index is 3.61. The second kappa shape index (κ2) is 4.63. The van der Waals surface area contributed by atoms with Gasteiger partial charge in [0.25, 0.3) is 0 Å². The van der Waals surface area contributed by atoms with E-state index in [1.165, 1.54) is 32.4 Å². The monoisotopic (exact) mass is 198 g/mol. The van der Waals surface area contributed by atoms with Gasteiger partial charge in [-0.05, 0) is 30.7 Å². The molecule has 2 heteroatoms. The third-order valence-electron chi connectivity index (χ3n) is 3.12. The molecule has 14 heavy (non-hydrogen) atoms. The minimum Gasteiger partial charge on any atom is -0.319 e. The van der Waals surface area contributed by atoms with Gasteiger partial charge in [-0.15, -0.1) is 0 Å². The highest BCUT2D eigenvalue weighted by atomic mass is 14.9. The van der Waals surface area contributed by atoms with Crippen molar-refractivity contribution in [1.82, 2.24) is 10.6 Å². The number of rotatable bonds is 5. The average Bonchev–Trinajstić information content (AvgIpc) is 1.97. The fraction of sp³-hybridized carbons (Fsp3) is 1.00. The summed E-state index contributed by atoms with van der Waals surface area (Å²) in [5.41, 5.74) is 0.977. The Morgan fingerprint density at radius 2 is 1.79 bits per heavy atom.